The standard InChI is InChI=1S/C12H13BrO2S/c1-7(12(14)15)5-8-6-9-10(13)3-2-4-11(9)16-8/h2-4,7-8H,5-6H2,1H3,(H,14,15). The number of carbonyl (C=O) groups is 1. The van der Waals surface area contributed by atoms with Gasteiger partial charge in [-0.25, -0.2) is 0 Å². The van der Waals surface area contributed by atoms with Gasteiger partial charge in [0.15, 0.2) is 0 Å². The average Bonchev–Trinajstić information content (AvgIpc) is 2.61. The highest BCUT2D eigenvalue weighted by molar-refractivity contribution is 9.10. The van der Waals surface area contributed by atoms with Crippen molar-refractivity contribution in [1.29, 1.82) is 0 Å². The Hall–Kier alpha value is -0.480. The molecule has 1 aliphatic heterocycles. The van der Waals surface area contributed by atoms with Crippen molar-refractivity contribution >= 4 is 33.7 Å². The summed E-state index contributed by atoms with van der Waals surface area (Å²) in [5.41, 5.74) is 1.33. The second-order valence-corrected chi connectivity index (χ2v) is 6.33. The number of carboxylic acid groups (broad SMARTS) is 1. The molecule has 1 aromatic carbocycles. The van der Waals surface area contributed by atoms with Gasteiger partial charge in [0, 0.05) is 14.6 Å². The molecule has 16 heavy (non-hydrogen) atoms. The van der Waals surface area contributed by atoms with Gasteiger partial charge in [0.25, 0.3) is 0 Å². The van der Waals surface area contributed by atoms with E-state index in [1.807, 2.05) is 12.1 Å². The van der Waals surface area contributed by atoms with E-state index in [1.165, 1.54) is 10.5 Å². The molecule has 0 amide bonds. The van der Waals surface area contributed by atoms with Gasteiger partial charge in [-0.3, -0.25) is 4.79 Å². The topological polar surface area (TPSA) is 37.3 Å². The summed E-state index contributed by atoms with van der Waals surface area (Å²) in [6.45, 7) is 1.78. The van der Waals surface area contributed by atoms with E-state index in [4.69, 9.17) is 5.11 Å². The van der Waals surface area contributed by atoms with Crippen molar-refractivity contribution in [1.82, 2.24) is 0 Å². The predicted molar refractivity (Wildman–Crippen MR) is 68.9 cm³/mol. The third-order valence-corrected chi connectivity index (χ3v) is 4.91. The number of hydrogen-bond acceptors (Lipinski definition) is 2. The first kappa shape index (κ1) is 12.0. The highest BCUT2D eigenvalue weighted by Gasteiger charge is 2.27. The molecule has 2 unspecified atom stereocenters. The lowest BCUT2D eigenvalue weighted by Crippen LogP contribution is -2.15. The minimum absolute atomic E-state index is 0.259. The molecule has 0 spiro atoms. The van der Waals surface area contributed by atoms with Crippen LogP contribution in [0.5, 0.6) is 0 Å². The third-order valence-electron chi connectivity index (χ3n) is 2.84. The van der Waals surface area contributed by atoms with Gasteiger partial charge >= 0.3 is 5.97 Å². The van der Waals surface area contributed by atoms with E-state index in [0.717, 1.165) is 17.3 Å². The predicted octanol–water partition coefficient (Wildman–Crippen LogP) is 3.58. The van der Waals surface area contributed by atoms with Crippen molar-refractivity contribution in [3.63, 3.8) is 0 Å². The Balaban J connectivity index is 2.06. The van der Waals surface area contributed by atoms with Gasteiger partial charge in [-0.15, -0.1) is 11.8 Å². The van der Waals surface area contributed by atoms with Gasteiger partial charge in [0.05, 0.1) is 5.92 Å². The van der Waals surface area contributed by atoms with Crippen LogP contribution >= 0.6 is 27.7 Å². The fourth-order valence-corrected chi connectivity index (χ4v) is 4.07. The van der Waals surface area contributed by atoms with Crippen molar-refractivity contribution in [3.05, 3.63) is 28.2 Å². The van der Waals surface area contributed by atoms with E-state index in [1.54, 1.807) is 18.7 Å². The van der Waals surface area contributed by atoms with E-state index in [0.29, 0.717) is 5.25 Å². The number of hydrogen-bond donors (Lipinski definition) is 1. The molecule has 0 saturated heterocycles. The second-order valence-electron chi connectivity index (χ2n) is 4.14. The molecule has 1 N–H and O–H groups in total. The maximum absolute atomic E-state index is 10.8. The van der Waals surface area contributed by atoms with Crippen LogP contribution in [0.4, 0.5) is 0 Å². The molecule has 1 aromatic rings. The number of halogens is 1. The molecule has 2 atom stereocenters. The smallest absolute Gasteiger partial charge is 0.306 e. The molecule has 2 nitrogen and oxygen atoms in total. The molecule has 86 valence electrons. The molecular weight excluding hydrogens is 288 g/mol. The Morgan fingerprint density at radius 3 is 3.06 bits per heavy atom. The van der Waals surface area contributed by atoms with Crippen molar-refractivity contribution in [3.8, 4) is 0 Å². The van der Waals surface area contributed by atoms with Crippen LogP contribution in [0.1, 0.15) is 18.9 Å². The quantitative estimate of drug-likeness (QED) is 0.927. The largest absolute Gasteiger partial charge is 0.481 e. The molecule has 0 fully saturated rings. The number of aliphatic carboxylic acids is 1. The molecule has 0 radical (unpaired) electrons. The van der Waals surface area contributed by atoms with Crippen LogP contribution in [0.25, 0.3) is 0 Å². The Bertz CT molecular complexity index is 419. The van der Waals surface area contributed by atoms with Crippen LogP contribution in [0, 0.1) is 5.92 Å². The highest BCUT2D eigenvalue weighted by atomic mass is 79.9. The number of fused-ring (bicyclic) bond motifs is 1. The first-order valence-corrected chi connectivity index (χ1v) is 6.92. The summed E-state index contributed by atoms with van der Waals surface area (Å²) < 4.78 is 1.14. The van der Waals surface area contributed by atoms with Gasteiger partial charge in [0.1, 0.15) is 0 Å². The maximum Gasteiger partial charge on any atom is 0.306 e. The third kappa shape index (κ3) is 2.43. The summed E-state index contributed by atoms with van der Waals surface area (Å²) in [6.07, 6.45) is 1.71. The van der Waals surface area contributed by atoms with Crippen LogP contribution in [0.3, 0.4) is 0 Å². The van der Waals surface area contributed by atoms with E-state index < -0.39 is 5.97 Å². The summed E-state index contributed by atoms with van der Waals surface area (Å²) in [5, 5.41) is 9.30. The van der Waals surface area contributed by atoms with Crippen LogP contribution < -0.4 is 0 Å². The van der Waals surface area contributed by atoms with E-state index in [2.05, 4.69) is 22.0 Å². The van der Waals surface area contributed by atoms with Crippen LogP contribution in [-0.4, -0.2) is 16.3 Å². The lowest BCUT2D eigenvalue weighted by Gasteiger charge is -2.11. The summed E-state index contributed by atoms with van der Waals surface area (Å²) in [7, 11) is 0. The highest BCUT2D eigenvalue weighted by Crippen LogP contribution is 2.42. The number of rotatable bonds is 3. The minimum Gasteiger partial charge on any atom is -0.481 e. The molecule has 0 saturated carbocycles. The zero-order chi connectivity index (χ0) is 11.7. The first-order chi connectivity index (χ1) is 7.58. The Morgan fingerprint density at radius 2 is 2.44 bits per heavy atom. The maximum atomic E-state index is 10.8. The van der Waals surface area contributed by atoms with Gasteiger partial charge in [-0.05, 0) is 30.5 Å². The fourth-order valence-electron chi connectivity index (χ4n) is 1.92. The fraction of sp³-hybridized carbons (Fsp3) is 0.417. The van der Waals surface area contributed by atoms with E-state index >= 15 is 0 Å². The van der Waals surface area contributed by atoms with Gasteiger partial charge in [-0.1, -0.05) is 28.9 Å². The monoisotopic (exact) mass is 300 g/mol. The first-order valence-electron chi connectivity index (χ1n) is 5.24. The van der Waals surface area contributed by atoms with Crippen molar-refractivity contribution in [2.45, 2.75) is 29.9 Å². The summed E-state index contributed by atoms with van der Waals surface area (Å²) >= 11 is 5.34. The Morgan fingerprint density at radius 1 is 1.69 bits per heavy atom. The SMILES string of the molecule is CC(CC1Cc2c(Br)cccc2S1)C(=O)O. The summed E-state index contributed by atoms with van der Waals surface area (Å²) in [4.78, 5) is 12.1. The summed E-state index contributed by atoms with van der Waals surface area (Å²) in [5.74, 6) is -0.957. The second kappa shape index (κ2) is 4.80. The number of benzene rings is 1. The summed E-state index contributed by atoms with van der Waals surface area (Å²) in [6, 6.07) is 6.18. The van der Waals surface area contributed by atoms with Gasteiger partial charge in [0.2, 0.25) is 0 Å². The molecule has 1 aliphatic rings. The zero-order valence-electron chi connectivity index (χ0n) is 8.94. The van der Waals surface area contributed by atoms with Crippen LogP contribution in [-0.2, 0) is 11.2 Å². The number of thioether (sulfide) groups is 1. The number of carboxylic acids is 1. The van der Waals surface area contributed by atoms with Crippen molar-refractivity contribution in [2.24, 2.45) is 5.92 Å². The Labute approximate surface area is 108 Å². The van der Waals surface area contributed by atoms with Crippen LogP contribution in [0.15, 0.2) is 27.6 Å². The average molecular weight is 301 g/mol. The molecule has 0 bridgehead atoms. The Kier molecular flexibility index (Phi) is 3.60. The van der Waals surface area contributed by atoms with Crippen LogP contribution in [0.2, 0.25) is 0 Å². The molecule has 0 aromatic heterocycles. The lowest BCUT2D eigenvalue weighted by atomic mass is 10.0. The normalized spacial score (nSPS) is 20.5. The molecule has 4 heteroatoms. The van der Waals surface area contributed by atoms with E-state index in [-0.39, 0.29) is 5.92 Å². The molecule has 1 heterocycles. The zero-order valence-corrected chi connectivity index (χ0v) is 11.3. The van der Waals surface area contributed by atoms with E-state index in [9.17, 15) is 4.79 Å². The van der Waals surface area contributed by atoms with Gasteiger partial charge < -0.3 is 5.11 Å². The molecule has 0 aliphatic carbocycles. The molecule has 2 rings (SSSR count). The van der Waals surface area contributed by atoms with Crippen molar-refractivity contribution < 1.29 is 9.90 Å². The lowest BCUT2D eigenvalue weighted by molar-refractivity contribution is -0.141. The minimum atomic E-state index is -0.698. The van der Waals surface area contributed by atoms with Gasteiger partial charge in [-0.2, -0.15) is 0 Å². The van der Waals surface area contributed by atoms with Crippen molar-refractivity contribution in [2.75, 3.05) is 0 Å². The molecular formula is C12H13BrO2S.